The minimum absolute atomic E-state index is 0.135. The van der Waals surface area contributed by atoms with Crippen LogP contribution in [0.1, 0.15) is 29.8 Å². The number of hydrogen-bond acceptors (Lipinski definition) is 4. The maximum Gasteiger partial charge on any atom is 0.224 e. The van der Waals surface area contributed by atoms with Crippen LogP contribution in [0.5, 0.6) is 0 Å². The molecule has 2 aromatic carbocycles. The highest BCUT2D eigenvalue weighted by Crippen LogP contribution is 2.26. The van der Waals surface area contributed by atoms with Gasteiger partial charge in [0.25, 0.3) is 0 Å². The lowest BCUT2D eigenvalue weighted by atomic mass is 9.99. The van der Waals surface area contributed by atoms with Crippen LogP contribution in [0.4, 0.5) is 0 Å². The van der Waals surface area contributed by atoms with E-state index in [2.05, 4.69) is 10.3 Å². The fourth-order valence-corrected chi connectivity index (χ4v) is 6.02. The molecule has 0 spiro atoms. The Hall–Kier alpha value is -2.39. The van der Waals surface area contributed by atoms with Gasteiger partial charge < -0.3 is 9.88 Å². The molecule has 7 nitrogen and oxygen atoms in total. The Kier molecular flexibility index (Phi) is 7.62. The molecule has 2 heterocycles. The normalized spacial score (nSPS) is 17.0. The Balaban J connectivity index is 1.34. The average molecular weight is 521 g/mol. The first-order valence-corrected chi connectivity index (χ1v) is 13.4. The van der Waals surface area contributed by atoms with Crippen molar-refractivity contribution in [2.45, 2.75) is 32.1 Å². The maximum atomic E-state index is 13.0. The molecule has 1 saturated heterocycles. The quantitative estimate of drug-likeness (QED) is 0.501. The van der Waals surface area contributed by atoms with Crippen molar-refractivity contribution in [3.8, 4) is 5.69 Å². The number of sulfonamides is 1. The van der Waals surface area contributed by atoms with Crippen LogP contribution in [-0.4, -0.2) is 41.3 Å². The molecule has 1 fully saturated rings. The zero-order chi connectivity index (χ0) is 24.3. The van der Waals surface area contributed by atoms with E-state index in [1.54, 1.807) is 24.4 Å². The Bertz CT molecular complexity index is 1280. The van der Waals surface area contributed by atoms with Crippen LogP contribution in [0, 0.1) is 12.8 Å². The molecule has 0 saturated carbocycles. The predicted octanol–water partition coefficient (Wildman–Crippen LogP) is 4.35. The van der Waals surface area contributed by atoms with Crippen LogP contribution in [0.15, 0.2) is 54.9 Å². The highest BCUT2D eigenvalue weighted by atomic mass is 35.5. The zero-order valence-corrected chi connectivity index (χ0v) is 21.1. The van der Waals surface area contributed by atoms with Crippen molar-refractivity contribution in [1.82, 2.24) is 19.2 Å². The second-order valence-corrected chi connectivity index (χ2v) is 11.2. The standard InChI is InChI=1S/C24H26Cl2N4O3S/c1-17-27-10-12-30(17)21-7-4-18(5-8-21)14-28-24(31)20-3-2-11-29(15-20)34(32,33)16-19-6-9-22(25)23(26)13-19/h4-10,12-13,20H,2-3,11,14-16H2,1H3,(H,28,31)/t20-/m0/s1. The molecule has 1 atom stereocenters. The molecule has 3 aromatic rings. The molecular weight excluding hydrogens is 495 g/mol. The number of nitrogens with one attached hydrogen (secondary N) is 1. The smallest absolute Gasteiger partial charge is 0.224 e. The van der Waals surface area contributed by atoms with E-state index in [1.807, 2.05) is 42.0 Å². The van der Waals surface area contributed by atoms with Gasteiger partial charge in [-0.15, -0.1) is 0 Å². The number of aryl methyl sites for hydroxylation is 1. The zero-order valence-electron chi connectivity index (χ0n) is 18.7. The number of nitrogens with zero attached hydrogens (tertiary/aromatic N) is 3. The molecule has 4 rings (SSSR count). The van der Waals surface area contributed by atoms with Crippen molar-refractivity contribution in [2.24, 2.45) is 5.92 Å². The van der Waals surface area contributed by atoms with Gasteiger partial charge in [-0.2, -0.15) is 0 Å². The van der Waals surface area contributed by atoms with Gasteiger partial charge in [0, 0.05) is 37.7 Å². The van der Waals surface area contributed by atoms with E-state index in [0.29, 0.717) is 41.5 Å². The Morgan fingerprint density at radius 3 is 2.53 bits per heavy atom. The topological polar surface area (TPSA) is 84.3 Å². The van der Waals surface area contributed by atoms with Gasteiger partial charge >= 0.3 is 0 Å². The fraction of sp³-hybridized carbons (Fsp3) is 0.333. The summed E-state index contributed by atoms with van der Waals surface area (Å²) in [5.41, 5.74) is 2.53. The minimum atomic E-state index is -3.59. The lowest BCUT2D eigenvalue weighted by Gasteiger charge is -2.31. The van der Waals surface area contributed by atoms with E-state index >= 15 is 0 Å². The van der Waals surface area contributed by atoms with Crippen molar-refractivity contribution < 1.29 is 13.2 Å². The van der Waals surface area contributed by atoms with Gasteiger partial charge in [0.15, 0.2) is 0 Å². The van der Waals surface area contributed by atoms with Crippen molar-refractivity contribution in [3.63, 3.8) is 0 Å². The number of halogens is 2. The van der Waals surface area contributed by atoms with Gasteiger partial charge in [-0.1, -0.05) is 41.4 Å². The number of aromatic nitrogens is 2. The van der Waals surface area contributed by atoms with E-state index in [-0.39, 0.29) is 24.1 Å². The summed E-state index contributed by atoms with van der Waals surface area (Å²) in [6, 6.07) is 12.7. The molecule has 1 N–H and O–H groups in total. The highest BCUT2D eigenvalue weighted by molar-refractivity contribution is 7.88. The monoisotopic (exact) mass is 520 g/mol. The molecule has 1 amide bonds. The summed E-state index contributed by atoms with van der Waals surface area (Å²) in [4.78, 5) is 17.0. The SMILES string of the molecule is Cc1nccn1-c1ccc(CNC(=O)[C@H]2CCCN(S(=O)(=O)Cc3ccc(Cl)c(Cl)c3)C2)cc1. The van der Waals surface area contributed by atoms with Crippen LogP contribution in [0.3, 0.4) is 0 Å². The second-order valence-electron chi connectivity index (χ2n) is 8.43. The number of piperidine rings is 1. The number of amides is 1. The summed E-state index contributed by atoms with van der Waals surface area (Å²) >= 11 is 11.9. The van der Waals surface area contributed by atoms with Crippen LogP contribution in [-0.2, 0) is 27.1 Å². The van der Waals surface area contributed by atoms with Crippen LogP contribution in [0.25, 0.3) is 5.69 Å². The minimum Gasteiger partial charge on any atom is -0.352 e. The van der Waals surface area contributed by atoms with E-state index in [9.17, 15) is 13.2 Å². The third-order valence-electron chi connectivity index (χ3n) is 5.99. The molecule has 0 unspecified atom stereocenters. The Morgan fingerprint density at radius 1 is 1.12 bits per heavy atom. The molecular formula is C24H26Cl2N4O3S. The van der Waals surface area contributed by atoms with Crippen LogP contribution in [0.2, 0.25) is 10.0 Å². The predicted molar refractivity (Wildman–Crippen MR) is 134 cm³/mol. The molecule has 180 valence electrons. The number of carbonyl (C=O) groups excluding carboxylic acids is 1. The summed E-state index contributed by atoms with van der Waals surface area (Å²) in [7, 11) is -3.59. The number of hydrogen-bond donors (Lipinski definition) is 1. The molecule has 0 aliphatic carbocycles. The van der Waals surface area contributed by atoms with Crippen molar-refractivity contribution in [3.05, 3.63) is 81.9 Å². The lowest BCUT2D eigenvalue weighted by Crippen LogP contribution is -2.45. The number of imidazole rings is 1. The van der Waals surface area contributed by atoms with E-state index in [1.165, 1.54) is 4.31 Å². The van der Waals surface area contributed by atoms with Crippen molar-refractivity contribution in [1.29, 1.82) is 0 Å². The lowest BCUT2D eigenvalue weighted by molar-refractivity contribution is -0.126. The second kappa shape index (κ2) is 10.5. The van der Waals surface area contributed by atoms with Crippen LogP contribution < -0.4 is 5.32 Å². The maximum absolute atomic E-state index is 13.0. The first-order chi connectivity index (χ1) is 16.2. The molecule has 1 aromatic heterocycles. The molecule has 10 heteroatoms. The highest BCUT2D eigenvalue weighted by Gasteiger charge is 2.32. The van der Waals surface area contributed by atoms with Gasteiger partial charge in [-0.25, -0.2) is 17.7 Å². The van der Waals surface area contributed by atoms with E-state index in [4.69, 9.17) is 23.2 Å². The average Bonchev–Trinajstić information content (AvgIpc) is 3.26. The molecule has 0 bridgehead atoms. The largest absolute Gasteiger partial charge is 0.352 e. The number of carbonyl (C=O) groups is 1. The Labute approximate surface area is 209 Å². The third kappa shape index (κ3) is 5.81. The summed E-state index contributed by atoms with van der Waals surface area (Å²) in [5, 5.41) is 3.65. The van der Waals surface area contributed by atoms with Crippen LogP contribution >= 0.6 is 23.2 Å². The van der Waals surface area contributed by atoms with E-state index in [0.717, 1.165) is 17.1 Å². The number of benzene rings is 2. The molecule has 0 radical (unpaired) electrons. The Morgan fingerprint density at radius 2 is 1.85 bits per heavy atom. The van der Waals surface area contributed by atoms with Crippen molar-refractivity contribution >= 4 is 39.1 Å². The van der Waals surface area contributed by atoms with Gasteiger partial charge in [-0.3, -0.25) is 4.79 Å². The first kappa shape index (κ1) is 24.7. The molecule has 1 aliphatic rings. The van der Waals surface area contributed by atoms with Gasteiger partial charge in [0.1, 0.15) is 5.82 Å². The fourth-order valence-electron chi connectivity index (χ4n) is 4.10. The summed E-state index contributed by atoms with van der Waals surface area (Å²) < 4.78 is 29.3. The van der Waals surface area contributed by atoms with Gasteiger partial charge in [-0.05, 0) is 55.2 Å². The summed E-state index contributed by atoms with van der Waals surface area (Å²) in [5.74, 6) is 0.201. The summed E-state index contributed by atoms with van der Waals surface area (Å²) in [6.45, 7) is 2.90. The molecule has 34 heavy (non-hydrogen) atoms. The molecule has 1 aliphatic heterocycles. The van der Waals surface area contributed by atoms with Gasteiger partial charge in [0.05, 0.1) is 21.7 Å². The first-order valence-electron chi connectivity index (χ1n) is 11.0. The van der Waals surface area contributed by atoms with E-state index < -0.39 is 10.0 Å². The third-order valence-corrected chi connectivity index (χ3v) is 8.54. The van der Waals surface area contributed by atoms with Gasteiger partial charge in [0.2, 0.25) is 15.9 Å². The summed E-state index contributed by atoms with van der Waals surface area (Å²) in [6.07, 6.45) is 4.94. The van der Waals surface area contributed by atoms with Crippen molar-refractivity contribution in [2.75, 3.05) is 13.1 Å². The number of rotatable bonds is 7.